The first-order valence-corrected chi connectivity index (χ1v) is 6.73. The number of nitrogens with zero attached hydrogens (tertiary/aromatic N) is 1. The lowest BCUT2D eigenvalue weighted by Crippen LogP contribution is -2.36. The van der Waals surface area contributed by atoms with E-state index in [0.29, 0.717) is 31.8 Å². The Bertz CT molecular complexity index is 342. The highest BCUT2D eigenvalue weighted by atomic mass is 16.5. The zero-order valence-electron chi connectivity index (χ0n) is 14.2. The zero-order chi connectivity index (χ0) is 16.0. The van der Waals surface area contributed by atoms with Crippen LogP contribution in [0.3, 0.4) is 0 Å². The van der Waals surface area contributed by atoms with Crippen molar-refractivity contribution in [1.82, 2.24) is 4.90 Å². The van der Waals surface area contributed by atoms with Gasteiger partial charge in [0.05, 0.1) is 11.2 Å². The molecular weight excluding hydrogens is 242 g/mol. The molecule has 0 aliphatic heterocycles. The lowest BCUT2D eigenvalue weighted by molar-refractivity contribution is -0.157. The van der Waals surface area contributed by atoms with Crippen molar-refractivity contribution in [2.45, 2.75) is 40.5 Å². The molecule has 0 aromatic carbocycles. The van der Waals surface area contributed by atoms with E-state index < -0.39 is 10.8 Å². The SMILES string of the molecule is [3H]OC(=C)C(C)(C)CC(C)(CC)C(=O)OCCN(C)C. The average molecular weight is 273 g/mol. The van der Waals surface area contributed by atoms with Crippen LogP contribution in [0.2, 0.25) is 0 Å². The summed E-state index contributed by atoms with van der Waals surface area (Å²) < 4.78 is 12.3. The molecule has 1 atom stereocenters. The topological polar surface area (TPSA) is 49.8 Å². The number of aliphatic hydroxyl groups is 1. The molecule has 0 radical (unpaired) electrons. The van der Waals surface area contributed by atoms with Crippen LogP contribution >= 0.6 is 0 Å². The van der Waals surface area contributed by atoms with Gasteiger partial charge < -0.3 is 14.7 Å². The van der Waals surface area contributed by atoms with E-state index in [4.69, 9.17) is 6.17 Å². The molecule has 0 aliphatic carbocycles. The van der Waals surface area contributed by atoms with Crippen molar-refractivity contribution in [3.8, 4) is 0 Å². The highest BCUT2D eigenvalue weighted by Crippen LogP contribution is 2.40. The summed E-state index contributed by atoms with van der Waals surface area (Å²) in [5.41, 5.74) is -1.05. The first-order chi connectivity index (χ1) is 9.09. The van der Waals surface area contributed by atoms with E-state index in [9.17, 15) is 4.79 Å². The van der Waals surface area contributed by atoms with Gasteiger partial charge in [0.25, 0.3) is 1.43 Å². The first-order valence-electron chi connectivity index (χ1n) is 7.14. The molecule has 0 spiro atoms. The summed E-state index contributed by atoms with van der Waals surface area (Å²) in [4.78, 5) is 14.3. The molecule has 4 nitrogen and oxygen atoms in total. The monoisotopic (exact) mass is 273 g/mol. The number of aliphatic hydroxyl groups excluding tert-OH is 1. The molecule has 0 heterocycles. The Morgan fingerprint density at radius 2 is 2.00 bits per heavy atom. The number of carbonyl (C=O) groups excluding carboxylic acids is 1. The van der Waals surface area contributed by atoms with Crippen molar-refractivity contribution in [3.05, 3.63) is 12.3 Å². The Morgan fingerprint density at radius 3 is 2.42 bits per heavy atom. The first kappa shape index (κ1) is 16.0. The molecule has 0 amide bonds. The Kier molecular flexibility index (Phi) is 5.85. The minimum atomic E-state index is -0.600. The van der Waals surface area contributed by atoms with Crippen LogP contribution < -0.4 is 0 Å². The van der Waals surface area contributed by atoms with Crippen LogP contribution in [0.5, 0.6) is 0 Å². The number of carbonyl (C=O) groups is 1. The maximum Gasteiger partial charge on any atom is 0.311 e. The summed E-state index contributed by atoms with van der Waals surface area (Å²) in [5.74, 6) is 0.158. The third-order valence-corrected chi connectivity index (χ3v) is 3.63. The average Bonchev–Trinajstić information content (AvgIpc) is 2.36. The fourth-order valence-electron chi connectivity index (χ4n) is 1.91. The second-order valence-corrected chi connectivity index (χ2v) is 6.34. The molecule has 0 aromatic heterocycles. The second kappa shape index (κ2) is 6.94. The lowest BCUT2D eigenvalue weighted by atomic mass is 9.71. The number of allylic oxidation sites excluding steroid dienone is 1. The van der Waals surface area contributed by atoms with Crippen molar-refractivity contribution >= 4 is 5.97 Å². The van der Waals surface area contributed by atoms with Crippen LogP contribution in [0, 0.1) is 10.8 Å². The molecular formula is C15H29NO3. The smallest absolute Gasteiger partial charge is 0.311 e. The maximum atomic E-state index is 12.3. The van der Waals surface area contributed by atoms with E-state index in [-0.39, 0.29) is 5.97 Å². The van der Waals surface area contributed by atoms with Gasteiger partial charge in [-0.2, -0.15) is 0 Å². The van der Waals surface area contributed by atoms with Crippen molar-refractivity contribution < 1.29 is 14.6 Å². The van der Waals surface area contributed by atoms with Gasteiger partial charge >= 0.3 is 5.97 Å². The summed E-state index contributed by atoms with van der Waals surface area (Å²) in [5, 5.41) is 4.49. The Hall–Kier alpha value is -1.03. The summed E-state index contributed by atoms with van der Waals surface area (Å²) >= 11 is 0. The summed E-state index contributed by atoms with van der Waals surface area (Å²) in [6.45, 7) is 12.5. The third-order valence-electron chi connectivity index (χ3n) is 3.63. The third kappa shape index (κ3) is 5.64. The van der Waals surface area contributed by atoms with Gasteiger partial charge in [0.2, 0.25) is 0 Å². The molecule has 0 saturated heterocycles. The number of hydrogen-bond donors (Lipinski definition) is 1. The number of hydrogen-bond acceptors (Lipinski definition) is 4. The Morgan fingerprint density at radius 1 is 1.42 bits per heavy atom. The molecule has 4 heteroatoms. The van der Waals surface area contributed by atoms with Gasteiger partial charge in [0.15, 0.2) is 0 Å². The Balaban J connectivity index is 4.75. The number of likely N-dealkylation sites (N-methyl/N-ethyl adjacent to an activating group) is 1. The fraction of sp³-hybridized carbons (Fsp3) is 0.800. The summed E-state index contributed by atoms with van der Waals surface area (Å²) in [6, 6.07) is 0. The van der Waals surface area contributed by atoms with Crippen LogP contribution in [-0.2, 0) is 9.53 Å². The normalized spacial score (nSPS) is 15.6. The highest BCUT2D eigenvalue weighted by Gasteiger charge is 2.39. The molecule has 0 rings (SSSR count). The fourth-order valence-corrected chi connectivity index (χ4v) is 1.91. The lowest BCUT2D eigenvalue weighted by Gasteiger charge is -2.34. The molecule has 112 valence electrons. The standard InChI is InChI=1S/C15H29NO3/c1-8-15(5,11-14(3,4)12(2)17)13(18)19-10-9-16(6)7/h17H,2,8-11H2,1,3-7H3/i/hT. The highest BCUT2D eigenvalue weighted by molar-refractivity contribution is 5.76. The van der Waals surface area contributed by atoms with Crippen LogP contribution in [0.25, 0.3) is 1.43 Å². The largest absolute Gasteiger partial charge is 0.512 e. The minimum Gasteiger partial charge on any atom is -0.512 e. The molecule has 1 unspecified atom stereocenters. The van der Waals surface area contributed by atoms with Gasteiger partial charge in [-0.3, -0.25) is 4.79 Å². The van der Waals surface area contributed by atoms with Gasteiger partial charge in [0, 0.05) is 12.0 Å². The predicted molar refractivity (Wildman–Crippen MR) is 78.1 cm³/mol. The summed E-state index contributed by atoms with van der Waals surface area (Å²) in [6.07, 6.45) is 1.21. The van der Waals surface area contributed by atoms with Crippen LogP contribution in [-0.4, -0.2) is 43.2 Å². The molecule has 1 N–H and O–H groups in total. The van der Waals surface area contributed by atoms with E-state index in [1.54, 1.807) is 0 Å². The molecule has 0 aromatic rings. The van der Waals surface area contributed by atoms with Crippen molar-refractivity contribution in [3.63, 3.8) is 0 Å². The second-order valence-electron chi connectivity index (χ2n) is 6.34. The van der Waals surface area contributed by atoms with E-state index in [1.807, 2.05) is 46.7 Å². The zero-order valence-corrected chi connectivity index (χ0v) is 13.2. The van der Waals surface area contributed by atoms with E-state index >= 15 is 0 Å². The van der Waals surface area contributed by atoms with Crippen LogP contribution in [0.4, 0.5) is 0 Å². The maximum absolute atomic E-state index is 12.3. The number of esters is 1. The van der Waals surface area contributed by atoms with Crippen LogP contribution in [0.15, 0.2) is 12.3 Å². The van der Waals surface area contributed by atoms with Crippen molar-refractivity contribution in [2.75, 3.05) is 27.2 Å². The predicted octanol–water partition coefficient (Wildman–Crippen LogP) is 3.00. The molecule has 0 bridgehead atoms. The molecule has 0 saturated carbocycles. The minimum absolute atomic E-state index is 0.201. The van der Waals surface area contributed by atoms with Gasteiger partial charge in [-0.25, -0.2) is 0 Å². The van der Waals surface area contributed by atoms with E-state index in [0.717, 1.165) is 0 Å². The number of ether oxygens (including phenoxy) is 1. The molecule has 19 heavy (non-hydrogen) atoms. The summed E-state index contributed by atoms with van der Waals surface area (Å²) in [7, 11) is 3.87. The Labute approximate surface area is 118 Å². The van der Waals surface area contributed by atoms with Gasteiger partial charge in [0.1, 0.15) is 6.61 Å². The van der Waals surface area contributed by atoms with Crippen LogP contribution in [0.1, 0.15) is 40.5 Å². The van der Waals surface area contributed by atoms with Gasteiger partial charge in [-0.1, -0.05) is 27.4 Å². The van der Waals surface area contributed by atoms with Crippen molar-refractivity contribution in [2.24, 2.45) is 10.8 Å². The van der Waals surface area contributed by atoms with Gasteiger partial charge in [-0.15, -0.1) is 0 Å². The van der Waals surface area contributed by atoms with Gasteiger partial charge in [-0.05, 0) is 33.9 Å². The van der Waals surface area contributed by atoms with E-state index in [2.05, 4.69) is 11.7 Å². The quantitative estimate of drug-likeness (QED) is 0.518. The molecule has 0 fully saturated rings. The van der Waals surface area contributed by atoms with E-state index in [1.165, 1.54) is 0 Å². The number of rotatable bonds is 9. The molecule has 0 aliphatic rings. The van der Waals surface area contributed by atoms with Crippen molar-refractivity contribution in [1.29, 1.82) is 1.43 Å².